The minimum Gasteiger partial charge on any atom is -0.351 e. The van der Waals surface area contributed by atoms with Crippen LogP contribution in [0.3, 0.4) is 0 Å². The number of rotatable bonds is 6. The van der Waals surface area contributed by atoms with Crippen molar-refractivity contribution < 1.29 is 9.18 Å². The van der Waals surface area contributed by atoms with Crippen molar-refractivity contribution in [2.75, 3.05) is 0 Å². The van der Waals surface area contributed by atoms with Crippen LogP contribution in [-0.4, -0.2) is 32.2 Å². The highest BCUT2D eigenvalue weighted by Gasteiger charge is 2.32. The second-order valence-corrected chi connectivity index (χ2v) is 6.16. The van der Waals surface area contributed by atoms with Crippen LogP contribution in [0.5, 0.6) is 0 Å². The van der Waals surface area contributed by atoms with Gasteiger partial charge in [0.15, 0.2) is 0 Å². The van der Waals surface area contributed by atoms with Gasteiger partial charge in [-0.15, -0.1) is 5.10 Å². The van der Waals surface area contributed by atoms with Gasteiger partial charge >= 0.3 is 0 Å². The molecule has 1 aliphatic rings. The van der Waals surface area contributed by atoms with Gasteiger partial charge in [-0.25, -0.2) is 9.07 Å². The van der Waals surface area contributed by atoms with E-state index in [0.717, 1.165) is 18.4 Å². The third-order valence-electron chi connectivity index (χ3n) is 4.27. The Kier molecular flexibility index (Phi) is 4.36. The van der Waals surface area contributed by atoms with Crippen LogP contribution in [0.15, 0.2) is 24.3 Å². The molecule has 1 amide bonds. The Hall–Kier alpha value is -2.31. The van der Waals surface area contributed by atoms with Crippen LogP contribution < -0.4 is 5.32 Å². The Morgan fingerprint density at radius 3 is 2.87 bits per heavy atom. The Balaban J connectivity index is 1.81. The first kappa shape index (κ1) is 15.6. The van der Waals surface area contributed by atoms with Crippen molar-refractivity contribution in [3.8, 4) is 0 Å². The van der Waals surface area contributed by atoms with Gasteiger partial charge in [0.05, 0.1) is 0 Å². The van der Waals surface area contributed by atoms with E-state index in [0.29, 0.717) is 18.2 Å². The maximum Gasteiger partial charge on any atom is 0.245 e. The molecule has 1 N–H and O–H groups in total. The van der Waals surface area contributed by atoms with Crippen LogP contribution in [0, 0.1) is 18.7 Å². The summed E-state index contributed by atoms with van der Waals surface area (Å²) in [5.74, 6) is 0.662. The molecule has 0 radical (unpaired) electrons. The SMILES string of the molecule is Cc1nnnn1C(Cc1cccc(F)c1)C(=O)NC(C)C1CC1. The van der Waals surface area contributed by atoms with Crippen molar-refractivity contribution in [3.05, 3.63) is 41.5 Å². The van der Waals surface area contributed by atoms with E-state index in [1.807, 2.05) is 6.92 Å². The normalized spacial score (nSPS) is 16.8. The number of benzene rings is 1. The van der Waals surface area contributed by atoms with E-state index in [-0.39, 0.29) is 17.8 Å². The molecule has 3 rings (SSSR count). The van der Waals surface area contributed by atoms with E-state index in [4.69, 9.17) is 0 Å². The number of nitrogens with one attached hydrogen (secondary N) is 1. The summed E-state index contributed by atoms with van der Waals surface area (Å²) in [6.45, 7) is 3.76. The second kappa shape index (κ2) is 6.44. The zero-order valence-corrected chi connectivity index (χ0v) is 13.2. The Bertz CT molecular complexity index is 697. The van der Waals surface area contributed by atoms with Crippen LogP contribution >= 0.6 is 0 Å². The monoisotopic (exact) mass is 317 g/mol. The molecule has 7 heteroatoms. The van der Waals surface area contributed by atoms with Gasteiger partial charge in [0.1, 0.15) is 17.7 Å². The number of nitrogens with zero attached hydrogens (tertiary/aromatic N) is 4. The van der Waals surface area contributed by atoms with Gasteiger partial charge in [0, 0.05) is 12.5 Å². The molecule has 1 aliphatic carbocycles. The number of hydrogen-bond acceptors (Lipinski definition) is 4. The first-order valence-corrected chi connectivity index (χ1v) is 7.84. The lowest BCUT2D eigenvalue weighted by molar-refractivity contribution is -0.125. The fourth-order valence-electron chi connectivity index (χ4n) is 2.74. The molecule has 1 heterocycles. The fraction of sp³-hybridized carbons (Fsp3) is 0.500. The van der Waals surface area contributed by atoms with E-state index in [9.17, 15) is 9.18 Å². The van der Waals surface area contributed by atoms with Crippen LogP contribution in [0.2, 0.25) is 0 Å². The summed E-state index contributed by atoms with van der Waals surface area (Å²) in [6.07, 6.45) is 2.65. The molecule has 1 aromatic carbocycles. The maximum atomic E-state index is 13.4. The molecule has 1 aromatic heterocycles. The zero-order chi connectivity index (χ0) is 16.4. The number of carbonyl (C=O) groups is 1. The van der Waals surface area contributed by atoms with Gasteiger partial charge in [-0.3, -0.25) is 4.79 Å². The van der Waals surface area contributed by atoms with Gasteiger partial charge in [0.25, 0.3) is 0 Å². The van der Waals surface area contributed by atoms with Crippen LogP contribution in [0.1, 0.15) is 37.2 Å². The summed E-state index contributed by atoms with van der Waals surface area (Å²) in [7, 11) is 0. The van der Waals surface area contributed by atoms with Crippen LogP contribution in [-0.2, 0) is 11.2 Å². The summed E-state index contributed by atoms with van der Waals surface area (Å²) >= 11 is 0. The lowest BCUT2D eigenvalue weighted by Gasteiger charge is -2.20. The van der Waals surface area contributed by atoms with Crippen molar-refractivity contribution in [2.24, 2.45) is 5.92 Å². The molecule has 1 fully saturated rings. The number of tetrazole rings is 1. The first-order valence-electron chi connectivity index (χ1n) is 7.84. The lowest BCUT2D eigenvalue weighted by Crippen LogP contribution is -2.40. The number of carbonyl (C=O) groups excluding carboxylic acids is 1. The second-order valence-electron chi connectivity index (χ2n) is 6.16. The molecule has 0 spiro atoms. The summed E-state index contributed by atoms with van der Waals surface area (Å²) < 4.78 is 14.9. The average molecular weight is 317 g/mol. The highest BCUT2D eigenvalue weighted by molar-refractivity contribution is 5.80. The van der Waals surface area contributed by atoms with Crippen molar-refractivity contribution in [3.63, 3.8) is 0 Å². The van der Waals surface area contributed by atoms with E-state index in [1.165, 1.54) is 16.8 Å². The highest BCUT2D eigenvalue weighted by atomic mass is 19.1. The molecule has 2 aromatic rings. The number of aryl methyl sites for hydroxylation is 1. The summed E-state index contributed by atoms with van der Waals surface area (Å²) in [6, 6.07) is 5.80. The molecule has 122 valence electrons. The summed E-state index contributed by atoms with van der Waals surface area (Å²) in [5.41, 5.74) is 0.735. The number of hydrogen-bond donors (Lipinski definition) is 1. The molecule has 23 heavy (non-hydrogen) atoms. The molecule has 1 saturated carbocycles. The molecule has 2 atom stereocenters. The van der Waals surface area contributed by atoms with Crippen molar-refractivity contribution in [1.82, 2.24) is 25.5 Å². The smallest absolute Gasteiger partial charge is 0.245 e. The molecule has 6 nitrogen and oxygen atoms in total. The topological polar surface area (TPSA) is 72.7 Å². The Morgan fingerprint density at radius 1 is 1.48 bits per heavy atom. The van der Waals surface area contributed by atoms with E-state index in [1.54, 1.807) is 19.1 Å². The highest BCUT2D eigenvalue weighted by Crippen LogP contribution is 2.32. The maximum absolute atomic E-state index is 13.4. The van der Waals surface area contributed by atoms with Crippen LogP contribution in [0.4, 0.5) is 4.39 Å². The van der Waals surface area contributed by atoms with Crippen LogP contribution in [0.25, 0.3) is 0 Å². The van der Waals surface area contributed by atoms with Gasteiger partial charge < -0.3 is 5.32 Å². The fourth-order valence-corrected chi connectivity index (χ4v) is 2.74. The predicted octanol–water partition coefficient (Wildman–Crippen LogP) is 1.82. The molecule has 2 unspecified atom stereocenters. The largest absolute Gasteiger partial charge is 0.351 e. The standard InChI is InChI=1S/C16H20FN5O/c1-10(13-6-7-13)18-16(23)15(22-11(2)19-20-21-22)9-12-4-3-5-14(17)8-12/h3-5,8,10,13,15H,6-7,9H2,1-2H3,(H,18,23). The predicted molar refractivity (Wildman–Crippen MR) is 82.0 cm³/mol. The molecular formula is C16H20FN5O. The van der Waals surface area contributed by atoms with Gasteiger partial charge in [-0.05, 0) is 60.7 Å². The minimum absolute atomic E-state index is 0.134. The Labute approximate surface area is 134 Å². The molecule has 0 bridgehead atoms. The summed E-state index contributed by atoms with van der Waals surface area (Å²) in [5, 5.41) is 14.4. The summed E-state index contributed by atoms with van der Waals surface area (Å²) in [4.78, 5) is 12.7. The number of amides is 1. The zero-order valence-electron chi connectivity index (χ0n) is 13.2. The number of aromatic nitrogens is 4. The van der Waals surface area contributed by atoms with E-state index < -0.39 is 6.04 Å². The quantitative estimate of drug-likeness (QED) is 0.882. The van der Waals surface area contributed by atoms with E-state index >= 15 is 0 Å². The molecule has 0 saturated heterocycles. The average Bonchev–Trinajstić information content (AvgIpc) is 3.28. The van der Waals surface area contributed by atoms with Gasteiger partial charge in [-0.1, -0.05) is 12.1 Å². The Morgan fingerprint density at radius 2 is 2.26 bits per heavy atom. The first-order chi connectivity index (χ1) is 11.0. The molecule has 0 aliphatic heterocycles. The van der Waals surface area contributed by atoms with Crippen molar-refractivity contribution in [1.29, 1.82) is 0 Å². The van der Waals surface area contributed by atoms with Gasteiger partial charge in [-0.2, -0.15) is 0 Å². The third kappa shape index (κ3) is 3.72. The van der Waals surface area contributed by atoms with E-state index in [2.05, 4.69) is 20.8 Å². The number of halogens is 1. The van der Waals surface area contributed by atoms with Gasteiger partial charge in [0.2, 0.25) is 5.91 Å². The minimum atomic E-state index is -0.590. The van der Waals surface area contributed by atoms with Crippen molar-refractivity contribution >= 4 is 5.91 Å². The lowest BCUT2D eigenvalue weighted by atomic mass is 10.0. The molecular weight excluding hydrogens is 297 g/mol. The van der Waals surface area contributed by atoms with Crippen molar-refractivity contribution in [2.45, 2.75) is 45.2 Å². The third-order valence-corrected chi connectivity index (χ3v) is 4.27.